The number of aromatic nitrogens is 2. The molecule has 2 heterocycles. The highest BCUT2D eigenvalue weighted by Gasteiger charge is 2.18. The Morgan fingerprint density at radius 2 is 1.67 bits per heavy atom. The molecule has 110 valence electrons. The second-order valence-corrected chi connectivity index (χ2v) is 5.14. The minimum Gasteiger partial charge on any atom is -0.504 e. The van der Waals surface area contributed by atoms with Gasteiger partial charge in [0, 0.05) is 45.1 Å². The minimum atomic E-state index is -0.0789. The standard InChI is InChI=1S/C15H18N4O2/c20-13-3-2-12(10-14(13)21)11-18-6-8-19(9-7-18)15-16-4-1-5-17-15/h1-5,10,20-21H,6-9,11H2. The molecule has 6 nitrogen and oxygen atoms in total. The number of anilines is 1. The van der Waals surface area contributed by atoms with Crippen molar-refractivity contribution in [1.82, 2.24) is 14.9 Å². The van der Waals surface area contributed by atoms with Crippen molar-refractivity contribution >= 4 is 5.95 Å². The fourth-order valence-electron chi connectivity index (χ4n) is 2.49. The van der Waals surface area contributed by atoms with Gasteiger partial charge in [0.2, 0.25) is 5.95 Å². The maximum Gasteiger partial charge on any atom is 0.225 e. The van der Waals surface area contributed by atoms with Crippen LogP contribution in [-0.2, 0) is 6.54 Å². The molecule has 0 bridgehead atoms. The van der Waals surface area contributed by atoms with Crippen molar-refractivity contribution < 1.29 is 10.2 Å². The van der Waals surface area contributed by atoms with Crippen molar-refractivity contribution in [2.24, 2.45) is 0 Å². The number of hydrogen-bond donors (Lipinski definition) is 2. The highest BCUT2D eigenvalue weighted by molar-refractivity contribution is 5.40. The molecule has 2 aromatic rings. The molecule has 0 atom stereocenters. The zero-order chi connectivity index (χ0) is 14.7. The molecule has 0 spiro atoms. The van der Waals surface area contributed by atoms with E-state index in [1.165, 1.54) is 6.07 Å². The van der Waals surface area contributed by atoms with Gasteiger partial charge in [-0.15, -0.1) is 0 Å². The molecule has 1 aromatic carbocycles. The Morgan fingerprint density at radius 1 is 0.952 bits per heavy atom. The number of piperazine rings is 1. The lowest BCUT2D eigenvalue weighted by atomic mass is 10.1. The molecule has 6 heteroatoms. The van der Waals surface area contributed by atoms with E-state index in [2.05, 4.69) is 19.8 Å². The Bertz CT molecular complexity index is 598. The summed E-state index contributed by atoms with van der Waals surface area (Å²) in [5.74, 6) is 0.632. The van der Waals surface area contributed by atoms with Crippen LogP contribution in [0.15, 0.2) is 36.7 Å². The fraction of sp³-hybridized carbons (Fsp3) is 0.333. The van der Waals surface area contributed by atoms with Crippen LogP contribution in [0.5, 0.6) is 11.5 Å². The van der Waals surface area contributed by atoms with Crippen molar-refractivity contribution in [3.8, 4) is 11.5 Å². The number of phenols is 2. The number of hydrogen-bond acceptors (Lipinski definition) is 6. The van der Waals surface area contributed by atoms with E-state index in [0.29, 0.717) is 0 Å². The topological polar surface area (TPSA) is 72.7 Å². The van der Waals surface area contributed by atoms with E-state index in [0.717, 1.165) is 44.2 Å². The average molecular weight is 286 g/mol. The van der Waals surface area contributed by atoms with E-state index in [1.54, 1.807) is 18.5 Å². The third-order valence-electron chi connectivity index (χ3n) is 3.65. The van der Waals surface area contributed by atoms with Gasteiger partial charge in [0.1, 0.15) is 0 Å². The Labute approximate surface area is 123 Å². The summed E-state index contributed by atoms with van der Waals surface area (Å²) in [5.41, 5.74) is 0.995. The summed E-state index contributed by atoms with van der Waals surface area (Å²) in [7, 11) is 0. The highest BCUT2D eigenvalue weighted by atomic mass is 16.3. The molecule has 0 saturated carbocycles. The summed E-state index contributed by atoms with van der Waals surface area (Å²) in [6.45, 7) is 4.36. The molecule has 0 radical (unpaired) electrons. The van der Waals surface area contributed by atoms with Crippen LogP contribution in [0.1, 0.15) is 5.56 Å². The number of aromatic hydroxyl groups is 2. The number of phenolic OH excluding ortho intramolecular Hbond substituents is 2. The zero-order valence-corrected chi connectivity index (χ0v) is 11.7. The summed E-state index contributed by atoms with van der Waals surface area (Å²) >= 11 is 0. The summed E-state index contributed by atoms with van der Waals surface area (Å²) in [4.78, 5) is 13.0. The quantitative estimate of drug-likeness (QED) is 0.826. The summed E-state index contributed by atoms with van der Waals surface area (Å²) in [6, 6.07) is 6.79. The molecule has 1 aromatic heterocycles. The van der Waals surface area contributed by atoms with Gasteiger partial charge in [-0.2, -0.15) is 0 Å². The Balaban J connectivity index is 1.57. The van der Waals surface area contributed by atoms with Crippen molar-refractivity contribution in [1.29, 1.82) is 0 Å². The maximum absolute atomic E-state index is 9.53. The minimum absolute atomic E-state index is 0.0659. The number of rotatable bonds is 3. The molecule has 1 saturated heterocycles. The molecular formula is C15H18N4O2. The fourth-order valence-corrected chi connectivity index (χ4v) is 2.49. The van der Waals surface area contributed by atoms with E-state index >= 15 is 0 Å². The van der Waals surface area contributed by atoms with Gasteiger partial charge >= 0.3 is 0 Å². The Hall–Kier alpha value is -2.34. The maximum atomic E-state index is 9.53. The first-order chi connectivity index (χ1) is 10.2. The number of benzene rings is 1. The molecule has 0 amide bonds. The molecule has 21 heavy (non-hydrogen) atoms. The first kappa shape index (κ1) is 13.6. The Kier molecular flexibility index (Phi) is 3.87. The van der Waals surface area contributed by atoms with Crippen LogP contribution in [0.4, 0.5) is 5.95 Å². The van der Waals surface area contributed by atoms with Gasteiger partial charge in [0.15, 0.2) is 11.5 Å². The largest absolute Gasteiger partial charge is 0.504 e. The molecule has 0 aliphatic carbocycles. The smallest absolute Gasteiger partial charge is 0.225 e. The molecule has 2 N–H and O–H groups in total. The molecule has 1 aliphatic rings. The van der Waals surface area contributed by atoms with E-state index in [9.17, 15) is 10.2 Å². The third kappa shape index (κ3) is 3.22. The summed E-state index contributed by atoms with van der Waals surface area (Å²) in [6.07, 6.45) is 3.52. The van der Waals surface area contributed by atoms with Crippen molar-refractivity contribution in [3.63, 3.8) is 0 Å². The second kappa shape index (κ2) is 5.97. The first-order valence-corrected chi connectivity index (χ1v) is 6.97. The molecule has 3 rings (SSSR count). The third-order valence-corrected chi connectivity index (χ3v) is 3.65. The molecule has 0 unspecified atom stereocenters. The molecular weight excluding hydrogens is 268 g/mol. The first-order valence-electron chi connectivity index (χ1n) is 6.97. The van der Waals surface area contributed by atoms with Gasteiger partial charge in [-0.1, -0.05) is 6.07 Å². The summed E-state index contributed by atoms with van der Waals surface area (Å²) in [5, 5.41) is 18.9. The predicted octanol–water partition coefficient (Wildman–Crippen LogP) is 1.21. The number of nitrogens with zero attached hydrogens (tertiary/aromatic N) is 4. The summed E-state index contributed by atoms with van der Waals surface area (Å²) < 4.78 is 0. The van der Waals surface area contributed by atoms with Gasteiger partial charge in [-0.25, -0.2) is 9.97 Å². The molecule has 1 fully saturated rings. The van der Waals surface area contributed by atoms with E-state index < -0.39 is 0 Å². The van der Waals surface area contributed by atoms with Crippen molar-refractivity contribution in [2.45, 2.75) is 6.54 Å². The van der Waals surface area contributed by atoms with Crippen molar-refractivity contribution in [2.75, 3.05) is 31.1 Å². The lowest BCUT2D eigenvalue weighted by molar-refractivity contribution is 0.248. The predicted molar refractivity (Wildman–Crippen MR) is 79.3 cm³/mol. The van der Waals surface area contributed by atoms with Crippen LogP contribution in [0.25, 0.3) is 0 Å². The van der Waals surface area contributed by atoms with Gasteiger partial charge < -0.3 is 15.1 Å². The van der Waals surface area contributed by atoms with Crippen LogP contribution in [0.2, 0.25) is 0 Å². The van der Waals surface area contributed by atoms with Gasteiger partial charge in [-0.05, 0) is 23.8 Å². The highest BCUT2D eigenvalue weighted by Crippen LogP contribution is 2.25. The molecule has 1 aliphatic heterocycles. The monoisotopic (exact) mass is 286 g/mol. The Morgan fingerprint density at radius 3 is 2.33 bits per heavy atom. The lowest BCUT2D eigenvalue weighted by Crippen LogP contribution is -2.46. The van der Waals surface area contributed by atoms with Gasteiger partial charge in [0.05, 0.1) is 0 Å². The lowest BCUT2D eigenvalue weighted by Gasteiger charge is -2.34. The van der Waals surface area contributed by atoms with Crippen LogP contribution in [0, 0.1) is 0 Å². The normalized spacial score (nSPS) is 16.1. The SMILES string of the molecule is Oc1ccc(CN2CCN(c3ncccn3)CC2)cc1O. The average Bonchev–Trinajstić information content (AvgIpc) is 2.53. The van der Waals surface area contributed by atoms with Crippen molar-refractivity contribution in [3.05, 3.63) is 42.2 Å². The van der Waals surface area contributed by atoms with E-state index in [1.807, 2.05) is 12.1 Å². The van der Waals surface area contributed by atoms with E-state index in [4.69, 9.17) is 0 Å². The van der Waals surface area contributed by atoms with Gasteiger partial charge in [-0.3, -0.25) is 4.90 Å². The van der Waals surface area contributed by atoms with Crippen LogP contribution < -0.4 is 4.90 Å². The van der Waals surface area contributed by atoms with Crippen LogP contribution >= 0.6 is 0 Å². The second-order valence-electron chi connectivity index (χ2n) is 5.14. The zero-order valence-electron chi connectivity index (χ0n) is 11.7. The van der Waals surface area contributed by atoms with E-state index in [-0.39, 0.29) is 11.5 Å². The van der Waals surface area contributed by atoms with Gasteiger partial charge in [0.25, 0.3) is 0 Å². The van der Waals surface area contributed by atoms with Crippen LogP contribution in [-0.4, -0.2) is 51.3 Å². The van der Waals surface area contributed by atoms with Crippen LogP contribution in [0.3, 0.4) is 0 Å².